The minimum atomic E-state index is -1.04. The molecule has 22 heavy (non-hydrogen) atoms. The molecular formula is C16H17NO5. The smallest absolute Gasteiger partial charge is 0.341 e. The quantitative estimate of drug-likeness (QED) is 0.918. The lowest BCUT2D eigenvalue weighted by Gasteiger charge is -2.16. The first-order chi connectivity index (χ1) is 10.4. The number of carbonyl (C=O) groups excluding carboxylic acids is 1. The highest BCUT2D eigenvalue weighted by Gasteiger charge is 2.19. The minimum Gasteiger partial charge on any atom is -0.482 e. The molecule has 0 bridgehead atoms. The zero-order chi connectivity index (χ0) is 16.3. The van der Waals surface area contributed by atoms with E-state index in [1.165, 1.54) is 4.90 Å². The highest BCUT2D eigenvalue weighted by Crippen LogP contribution is 2.22. The zero-order valence-electron chi connectivity index (χ0n) is 12.6. The van der Waals surface area contributed by atoms with Gasteiger partial charge in [0.25, 0.3) is 5.91 Å². The van der Waals surface area contributed by atoms with Crippen LogP contribution in [0, 0.1) is 13.8 Å². The van der Waals surface area contributed by atoms with Crippen molar-refractivity contribution in [2.75, 3.05) is 18.6 Å². The number of rotatable bonds is 5. The summed E-state index contributed by atoms with van der Waals surface area (Å²) in [6, 6.07) is 8.40. The molecule has 0 fully saturated rings. The number of hydrogen-bond acceptors (Lipinski definition) is 4. The van der Waals surface area contributed by atoms with E-state index in [4.69, 9.17) is 14.3 Å². The highest BCUT2D eigenvalue weighted by molar-refractivity contribution is 6.04. The molecule has 0 unspecified atom stereocenters. The number of carboxylic acids is 1. The summed E-state index contributed by atoms with van der Waals surface area (Å²) in [7, 11) is 1.65. The number of carbonyl (C=O) groups is 2. The van der Waals surface area contributed by atoms with Crippen LogP contribution >= 0.6 is 0 Å². The van der Waals surface area contributed by atoms with Crippen molar-refractivity contribution in [2.24, 2.45) is 0 Å². The van der Waals surface area contributed by atoms with Gasteiger partial charge < -0.3 is 19.2 Å². The van der Waals surface area contributed by atoms with E-state index in [1.807, 2.05) is 13.0 Å². The van der Waals surface area contributed by atoms with Gasteiger partial charge in [-0.05, 0) is 44.2 Å². The molecule has 0 saturated carbocycles. The summed E-state index contributed by atoms with van der Waals surface area (Å²) in [6.07, 6.45) is 0. The number of carboxylic acid groups (broad SMARTS) is 1. The van der Waals surface area contributed by atoms with Crippen LogP contribution in [-0.2, 0) is 4.79 Å². The van der Waals surface area contributed by atoms with Crippen molar-refractivity contribution in [3.05, 3.63) is 47.4 Å². The fourth-order valence-corrected chi connectivity index (χ4v) is 2.03. The van der Waals surface area contributed by atoms with Gasteiger partial charge in [0.15, 0.2) is 12.4 Å². The van der Waals surface area contributed by atoms with E-state index in [1.54, 1.807) is 38.2 Å². The molecule has 1 N–H and O–H groups in total. The molecule has 0 radical (unpaired) electrons. The van der Waals surface area contributed by atoms with E-state index in [0.29, 0.717) is 23.0 Å². The molecule has 2 aromatic rings. The van der Waals surface area contributed by atoms with Crippen LogP contribution in [0.4, 0.5) is 5.69 Å². The van der Waals surface area contributed by atoms with Crippen molar-refractivity contribution in [1.82, 2.24) is 0 Å². The van der Waals surface area contributed by atoms with E-state index in [-0.39, 0.29) is 5.91 Å². The molecule has 1 heterocycles. The number of aliphatic carboxylic acids is 1. The van der Waals surface area contributed by atoms with Crippen LogP contribution in [-0.4, -0.2) is 30.6 Å². The van der Waals surface area contributed by atoms with E-state index in [2.05, 4.69) is 0 Å². The van der Waals surface area contributed by atoms with Crippen LogP contribution in [0.25, 0.3) is 0 Å². The predicted molar refractivity (Wildman–Crippen MR) is 80.5 cm³/mol. The molecule has 0 atom stereocenters. The Morgan fingerprint density at radius 1 is 1.23 bits per heavy atom. The van der Waals surface area contributed by atoms with Gasteiger partial charge in [-0.25, -0.2) is 4.79 Å². The number of anilines is 1. The van der Waals surface area contributed by atoms with Crippen LogP contribution in [0.5, 0.6) is 5.75 Å². The molecule has 6 heteroatoms. The molecule has 1 aromatic carbocycles. The van der Waals surface area contributed by atoms with Crippen molar-refractivity contribution < 1.29 is 23.8 Å². The maximum absolute atomic E-state index is 12.4. The molecule has 6 nitrogen and oxygen atoms in total. The van der Waals surface area contributed by atoms with E-state index in [9.17, 15) is 9.59 Å². The average Bonchev–Trinajstić information content (AvgIpc) is 2.83. The molecule has 0 saturated heterocycles. The lowest BCUT2D eigenvalue weighted by atomic mass is 10.2. The molecule has 0 aliphatic rings. The first kappa shape index (κ1) is 15.6. The third kappa shape index (κ3) is 3.46. The van der Waals surface area contributed by atoms with Gasteiger partial charge in [0, 0.05) is 18.3 Å². The summed E-state index contributed by atoms with van der Waals surface area (Å²) in [5, 5.41) is 8.56. The standard InChI is InChI=1S/C16H17NO5/c1-10-8-11(2)22-15(10)16(20)17(3)12-4-6-13(7-5-12)21-9-14(18)19/h4-8H,9H2,1-3H3,(H,18,19). The number of hydrogen-bond donors (Lipinski definition) is 1. The maximum Gasteiger partial charge on any atom is 0.341 e. The number of nitrogens with zero attached hydrogens (tertiary/aromatic N) is 1. The second-order valence-electron chi connectivity index (χ2n) is 4.91. The Bertz CT molecular complexity index is 687. The first-order valence-corrected chi connectivity index (χ1v) is 6.68. The molecule has 1 aromatic heterocycles. The second-order valence-corrected chi connectivity index (χ2v) is 4.91. The number of ether oxygens (including phenoxy) is 1. The number of benzene rings is 1. The number of aryl methyl sites for hydroxylation is 2. The summed E-state index contributed by atoms with van der Waals surface area (Å²) in [4.78, 5) is 24.3. The van der Waals surface area contributed by atoms with Gasteiger partial charge in [0.05, 0.1) is 0 Å². The van der Waals surface area contributed by atoms with Gasteiger partial charge in [-0.1, -0.05) is 0 Å². The van der Waals surface area contributed by atoms with Crippen LogP contribution in [0.2, 0.25) is 0 Å². The topological polar surface area (TPSA) is 80.0 Å². The van der Waals surface area contributed by atoms with Crippen LogP contribution in [0.15, 0.2) is 34.7 Å². The summed E-state index contributed by atoms with van der Waals surface area (Å²) < 4.78 is 10.5. The number of furan rings is 1. The molecule has 0 aliphatic carbocycles. The van der Waals surface area contributed by atoms with E-state index >= 15 is 0 Å². The Kier molecular flexibility index (Phi) is 4.50. The average molecular weight is 303 g/mol. The molecule has 1 amide bonds. The van der Waals surface area contributed by atoms with Crippen LogP contribution in [0.3, 0.4) is 0 Å². The third-order valence-corrected chi connectivity index (χ3v) is 3.13. The predicted octanol–water partition coefficient (Wildman–Crippen LogP) is 2.64. The molecular weight excluding hydrogens is 286 g/mol. The van der Waals surface area contributed by atoms with Gasteiger partial charge in [0.1, 0.15) is 11.5 Å². The SMILES string of the molecule is Cc1cc(C)c(C(=O)N(C)c2ccc(OCC(=O)O)cc2)o1. The Balaban J connectivity index is 2.12. The fraction of sp³-hybridized carbons (Fsp3) is 0.250. The number of amides is 1. The molecule has 2 rings (SSSR count). The normalized spacial score (nSPS) is 10.3. The molecule has 0 aliphatic heterocycles. The van der Waals surface area contributed by atoms with Crippen molar-refractivity contribution in [3.63, 3.8) is 0 Å². The largest absolute Gasteiger partial charge is 0.482 e. The molecule has 116 valence electrons. The van der Waals surface area contributed by atoms with E-state index in [0.717, 1.165) is 5.56 Å². The van der Waals surface area contributed by atoms with Gasteiger partial charge in [-0.2, -0.15) is 0 Å². The van der Waals surface area contributed by atoms with Crippen molar-refractivity contribution >= 4 is 17.6 Å². The Morgan fingerprint density at radius 2 is 1.86 bits per heavy atom. The van der Waals surface area contributed by atoms with Gasteiger partial charge in [-0.3, -0.25) is 4.79 Å². The van der Waals surface area contributed by atoms with Crippen molar-refractivity contribution in [3.8, 4) is 5.75 Å². The summed E-state index contributed by atoms with van der Waals surface area (Å²) in [5.74, 6) is 0.139. The summed E-state index contributed by atoms with van der Waals surface area (Å²) >= 11 is 0. The monoisotopic (exact) mass is 303 g/mol. The zero-order valence-corrected chi connectivity index (χ0v) is 12.6. The Labute approximate surface area is 127 Å². The fourth-order valence-electron chi connectivity index (χ4n) is 2.03. The Hall–Kier alpha value is -2.76. The highest BCUT2D eigenvalue weighted by atomic mass is 16.5. The minimum absolute atomic E-state index is 0.246. The van der Waals surface area contributed by atoms with Crippen LogP contribution < -0.4 is 9.64 Å². The van der Waals surface area contributed by atoms with Gasteiger partial charge in [-0.15, -0.1) is 0 Å². The van der Waals surface area contributed by atoms with E-state index < -0.39 is 12.6 Å². The molecule has 0 spiro atoms. The van der Waals surface area contributed by atoms with Gasteiger partial charge in [0.2, 0.25) is 0 Å². The Morgan fingerprint density at radius 3 is 2.36 bits per heavy atom. The van der Waals surface area contributed by atoms with Crippen LogP contribution in [0.1, 0.15) is 21.9 Å². The van der Waals surface area contributed by atoms with Crippen molar-refractivity contribution in [1.29, 1.82) is 0 Å². The summed E-state index contributed by atoms with van der Waals surface area (Å²) in [5.41, 5.74) is 1.44. The third-order valence-electron chi connectivity index (χ3n) is 3.13. The summed E-state index contributed by atoms with van der Waals surface area (Å²) in [6.45, 7) is 3.21. The van der Waals surface area contributed by atoms with Crippen molar-refractivity contribution in [2.45, 2.75) is 13.8 Å². The first-order valence-electron chi connectivity index (χ1n) is 6.68. The maximum atomic E-state index is 12.4. The lowest BCUT2D eigenvalue weighted by Crippen LogP contribution is -2.26. The van der Waals surface area contributed by atoms with Gasteiger partial charge >= 0.3 is 5.97 Å². The lowest BCUT2D eigenvalue weighted by molar-refractivity contribution is -0.139. The second kappa shape index (κ2) is 6.34.